The van der Waals surface area contributed by atoms with E-state index in [1.807, 2.05) is 0 Å². The summed E-state index contributed by atoms with van der Waals surface area (Å²) in [4.78, 5) is 3.74. The second-order valence-electron chi connectivity index (χ2n) is 5.44. The molecule has 2 rings (SSSR count). The summed E-state index contributed by atoms with van der Waals surface area (Å²) in [7, 11) is 2.16. The molecule has 2 nitrogen and oxygen atoms in total. The van der Waals surface area contributed by atoms with Gasteiger partial charge in [-0.25, -0.2) is 0 Å². The first-order valence-electron chi connectivity index (χ1n) is 6.72. The van der Waals surface area contributed by atoms with E-state index in [1.165, 1.54) is 10.4 Å². The third-order valence-corrected chi connectivity index (χ3v) is 5.22. The average Bonchev–Trinajstić information content (AvgIpc) is 2.94. The van der Waals surface area contributed by atoms with Crippen LogP contribution in [0.3, 0.4) is 0 Å². The van der Waals surface area contributed by atoms with Gasteiger partial charge in [0.2, 0.25) is 0 Å². The van der Waals surface area contributed by atoms with Crippen molar-refractivity contribution in [3.05, 3.63) is 56.7 Å². The highest BCUT2D eigenvalue weighted by molar-refractivity contribution is 9.10. The lowest BCUT2D eigenvalue weighted by Crippen LogP contribution is -2.50. The largest absolute Gasteiger partial charge is 0.329 e. The Morgan fingerprint density at radius 1 is 1.25 bits per heavy atom. The van der Waals surface area contributed by atoms with Crippen LogP contribution in [0.5, 0.6) is 0 Å². The zero-order valence-electron chi connectivity index (χ0n) is 12.0. The highest BCUT2D eigenvalue weighted by Crippen LogP contribution is 2.23. The third-order valence-electron chi connectivity index (χ3n) is 3.83. The fourth-order valence-electron chi connectivity index (χ4n) is 2.23. The summed E-state index contributed by atoms with van der Waals surface area (Å²) in [5.41, 5.74) is 7.36. The van der Waals surface area contributed by atoms with E-state index in [1.54, 1.807) is 11.3 Å². The van der Waals surface area contributed by atoms with Crippen molar-refractivity contribution >= 4 is 27.3 Å². The summed E-state index contributed by atoms with van der Waals surface area (Å²) >= 11 is 5.27. The van der Waals surface area contributed by atoms with Crippen molar-refractivity contribution < 1.29 is 0 Å². The van der Waals surface area contributed by atoms with Crippen molar-refractivity contribution in [2.45, 2.75) is 25.4 Å². The molecular formula is C16H21BrN2S. The number of thiophene rings is 1. The number of nitrogens with zero attached hydrogens (tertiary/aromatic N) is 1. The smallest absolute Gasteiger partial charge is 0.0344 e. The lowest BCUT2D eigenvalue weighted by Gasteiger charge is -2.38. The predicted molar refractivity (Wildman–Crippen MR) is 91.1 cm³/mol. The minimum absolute atomic E-state index is 0.0299. The van der Waals surface area contributed by atoms with Crippen LogP contribution in [0.2, 0.25) is 0 Å². The van der Waals surface area contributed by atoms with Gasteiger partial charge >= 0.3 is 0 Å². The van der Waals surface area contributed by atoms with Crippen LogP contribution in [0.15, 0.2) is 46.3 Å². The number of nitrogens with two attached hydrogens (primary N) is 1. The Kier molecular flexibility index (Phi) is 5.38. The molecule has 1 aromatic carbocycles. The maximum Gasteiger partial charge on any atom is 0.0344 e. The number of halogens is 1. The molecule has 0 aliphatic heterocycles. The summed E-state index contributed by atoms with van der Waals surface area (Å²) in [5.74, 6) is 0. The Bertz CT molecular complexity index is 524. The molecule has 20 heavy (non-hydrogen) atoms. The van der Waals surface area contributed by atoms with Crippen LogP contribution >= 0.6 is 27.3 Å². The van der Waals surface area contributed by atoms with E-state index in [0.29, 0.717) is 6.54 Å². The van der Waals surface area contributed by atoms with Gasteiger partial charge < -0.3 is 5.73 Å². The van der Waals surface area contributed by atoms with Crippen LogP contribution in [0.4, 0.5) is 0 Å². The van der Waals surface area contributed by atoms with Crippen LogP contribution in [-0.2, 0) is 13.0 Å². The summed E-state index contributed by atoms with van der Waals surface area (Å²) in [6, 6.07) is 12.8. The summed E-state index contributed by atoms with van der Waals surface area (Å²) in [6.07, 6.45) is 0.957. The number of likely N-dealkylation sites (N-methyl/N-ethyl adjacent to an activating group) is 1. The van der Waals surface area contributed by atoms with Gasteiger partial charge in [-0.15, -0.1) is 11.3 Å². The number of hydrogen-bond donors (Lipinski definition) is 1. The summed E-state index contributed by atoms with van der Waals surface area (Å²) in [5, 5.41) is 2.12. The molecule has 1 unspecified atom stereocenters. The highest BCUT2D eigenvalue weighted by Gasteiger charge is 2.28. The zero-order valence-corrected chi connectivity index (χ0v) is 14.4. The van der Waals surface area contributed by atoms with Crippen LogP contribution in [-0.4, -0.2) is 24.0 Å². The van der Waals surface area contributed by atoms with Crippen molar-refractivity contribution in [2.24, 2.45) is 5.73 Å². The Morgan fingerprint density at radius 3 is 2.50 bits per heavy atom. The standard InChI is InChI=1S/C16H21BrN2S/c1-16(12-18,10-13-5-7-14(17)8-6-13)19(2)11-15-4-3-9-20-15/h3-9H,10-12,18H2,1-2H3. The topological polar surface area (TPSA) is 29.3 Å². The Balaban J connectivity index is 2.09. The quantitative estimate of drug-likeness (QED) is 0.853. The van der Waals surface area contributed by atoms with Gasteiger partial charge in [0, 0.05) is 28.0 Å². The monoisotopic (exact) mass is 352 g/mol. The second kappa shape index (κ2) is 6.85. The molecule has 0 saturated heterocycles. The third kappa shape index (κ3) is 3.92. The zero-order chi connectivity index (χ0) is 14.6. The molecule has 2 N–H and O–H groups in total. The fraction of sp³-hybridized carbons (Fsp3) is 0.375. The molecule has 108 valence electrons. The van der Waals surface area contributed by atoms with Gasteiger partial charge in [0.15, 0.2) is 0 Å². The number of benzene rings is 1. The van der Waals surface area contributed by atoms with E-state index >= 15 is 0 Å². The molecule has 1 aromatic heterocycles. The molecular weight excluding hydrogens is 332 g/mol. The van der Waals surface area contributed by atoms with Gasteiger partial charge in [0.25, 0.3) is 0 Å². The molecule has 0 radical (unpaired) electrons. The fourth-order valence-corrected chi connectivity index (χ4v) is 3.25. The molecule has 0 aliphatic rings. The SMILES string of the molecule is CN(Cc1cccs1)C(C)(CN)Cc1ccc(Br)cc1. The highest BCUT2D eigenvalue weighted by atomic mass is 79.9. The van der Waals surface area contributed by atoms with Crippen LogP contribution < -0.4 is 5.73 Å². The van der Waals surface area contributed by atoms with Crippen molar-refractivity contribution in [3.63, 3.8) is 0 Å². The van der Waals surface area contributed by atoms with Crippen LogP contribution in [0.25, 0.3) is 0 Å². The van der Waals surface area contributed by atoms with E-state index < -0.39 is 0 Å². The molecule has 2 aromatic rings. The first-order chi connectivity index (χ1) is 9.53. The minimum atomic E-state index is -0.0299. The van der Waals surface area contributed by atoms with E-state index in [0.717, 1.165) is 17.4 Å². The van der Waals surface area contributed by atoms with Crippen molar-refractivity contribution in [1.29, 1.82) is 0 Å². The number of hydrogen-bond acceptors (Lipinski definition) is 3. The van der Waals surface area contributed by atoms with Gasteiger partial charge in [0.1, 0.15) is 0 Å². The van der Waals surface area contributed by atoms with E-state index in [2.05, 4.69) is 76.6 Å². The minimum Gasteiger partial charge on any atom is -0.329 e. The molecule has 1 heterocycles. The van der Waals surface area contributed by atoms with Crippen LogP contribution in [0, 0.1) is 0 Å². The normalized spacial score (nSPS) is 14.4. The van der Waals surface area contributed by atoms with Crippen molar-refractivity contribution in [2.75, 3.05) is 13.6 Å². The molecule has 0 bridgehead atoms. The number of rotatable bonds is 6. The van der Waals surface area contributed by atoms with Gasteiger partial charge in [0.05, 0.1) is 0 Å². The molecule has 0 saturated carbocycles. The predicted octanol–water partition coefficient (Wildman–Crippen LogP) is 3.90. The van der Waals surface area contributed by atoms with Crippen LogP contribution in [0.1, 0.15) is 17.4 Å². The molecule has 0 fully saturated rings. The lowest BCUT2D eigenvalue weighted by atomic mass is 9.91. The summed E-state index contributed by atoms with van der Waals surface area (Å²) < 4.78 is 1.11. The van der Waals surface area contributed by atoms with Gasteiger partial charge in [-0.2, -0.15) is 0 Å². The Morgan fingerprint density at radius 2 is 1.95 bits per heavy atom. The van der Waals surface area contributed by atoms with E-state index in [4.69, 9.17) is 5.73 Å². The Hall–Kier alpha value is -0.680. The maximum absolute atomic E-state index is 6.07. The molecule has 0 amide bonds. The van der Waals surface area contributed by atoms with Crippen molar-refractivity contribution in [1.82, 2.24) is 4.90 Å². The molecule has 4 heteroatoms. The van der Waals surface area contributed by atoms with Gasteiger partial charge in [-0.1, -0.05) is 34.1 Å². The molecule has 0 aliphatic carbocycles. The summed E-state index contributed by atoms with van der Waals surface area (Å²) in [6.45, 7) is 3.83. The average molecular weight is 353 g/mol. The lowest BCUT2D eigenvalue weighted by molar-refractivity contribution is 0.137. The van der Waals surface area contributed by atoms with Gasteiger partial charge in [-0.05, 0) is 49.5 Å². The van der Waals surface area contributed by atoms with E-state index in [9.17, 15) is 0 Å². The first kappa shape index (κ1) is 15.7. The second-order valence-corrected chi connectivity index (χ2v) is 7.39. The Labute approximate surface area is 133 Å². The first-order valence-corrected chi connectivity index (χ1v) is 8.39. The van der Waals surface area contributed by atoms with Gasteiger partial charge in [-0.3, -0.25) is 4.90 Å². The molecule has 0 spiro atoms. The maximum atomic E-state index is 6.07. The van der Waals surface area contributed by atoms with E-state index in [-0.39, 0.29) is 5.54 Å². The van der Waals surface area contributed by atoms with Crippen molar-refractivity contribution in [3.8, 4) is 0 Å². The molecule has 1 atom stereocenters.